The number of aliphatic imine (C=N–C) groups is 2. The van der Waals surface area contributed by atoms with Crippen molar-refractivity contribution in [3.05, 3.63) is 11.4 Å². The Kier molecular flexibility index (Phi) is 6.94. The minimum absolute atomic E-state index is 0.214. The molecule has 6 heteroatoms. The fourth-order valence-electron chi connectivity index (χ4n) is 2.99. The Bertz CT molecular complexity index is 527. The first kappa shape index (κ1) is 18.3. The van der Waals surface area contributed by atoms with Crippen LogP contribution in [0, 0.1) is 5.92 Å². The fraction of sp³-hybridized carbons (Fsp3) is 0.706. The topological polar surface area (TPSA) is 52.0 Å². The number of hydrogen-bond donors (Lipinski definition) is 2. The molecule has 0 aliphatic carbocycles. The van der Waals surface area contributed by atoms with Crippen LogP contribution < -0.4 is 10.6 Å². The van der Waals surface area contributed by atoms with Crippen molar-refractivity contribution in [1.82, 2.24) is 15.5 Å². The molecule has 0 spiro atoms. The monoisotopic (exact) mass is 335 g/mol. The zero-order valence-corrected chi connectivity index (χ0v) is 16.0. The molecule has 1 unspecified atom stereocenters. The van der Waals surface area contributed by atoms with Crippen LogP contribution in [0.1, 0.15) is 33.6 Å². The van der Waals surface area contributed by atoms with E-state index in [-0.39, 0.29) is 6.04 Å². The summed E-state index contributed by atoms with van der Waals surface area (Å²) in [6, 6.07) is 0.214. The van der Waals surface area contributed by atoms with Gasteiger partial charge in [0, 0.05) is 6.54 Å². The van der Waals surface area contributed by atoms with Gasteiger partial charge in [0.2, 0.25) is 0 Å². The average molecular weight is 335 g/mol. The van der Waals surface area contributed by atoms with Gasteiger partial charge in [-0.1, -0.05) is 8.20 Å². The summed E-state index contributed by atoms with van der Waals surface area (Å²) in [5.41, 5.74) is 4.33. The molecule has 1 atom stereocenters. The third kappa shape index (κ3) is 5.23. The molecular formula is C17H30N5P. The van der Waals surface area contributed by atoms with E-state index in [1.54, 1.807) is 6.34 Å². The van der Waals surface area contributed by atoms with E-state index in [0.29, 0.717) is 0 Å². The minimum atomic E-state index is 0.214. The summed E-state index contributed by atoms with van der Waals surface area (Å²) in [5.74, 6) is 0.775. The van der Waals surface area contributed by atoms with Crippen molar-refractivity contribution in [1.29, 1.82) is 0 Å². The molecule has 0 aromatic heterocycles. The highest BCUT2D eigenvalue weighted by Gasteiger charge is 2.18. The average Bonchev–Trinajstić information content (AvgIpc) is 2.53. The first-order valence-electron chi connectivity index (χ1n) is 8.45. The van der Waals surface area contributed by atoms with E-state index in [1.165, 1.54) is 39.6 Å². The van der Waals surface area contributed by atoms with Gasteiger partial charge in [0.05, 0.1) is 34.9 Å². The molecular weight excluding hydrogens is 305 g/mol. The van der Waals surface area contributed by atoms with Gasteiger partial charge < -0.3 is 10.2 Å². The third-order valence-electron chi connectivity index (χ3n) is 4.61. The van der Waals surface area contributed by atoms with E-state index in [2.05, 4.69) is 48.1 Å². The predicted octanol–water partition coefficient (Wildman–Crippen LogP) is 2.34. The molecule has 2 heterocycles. The molecule has 0 bridgehead atoms. The second-order valence-electron chi connectivity index (χ2n) is 6.51. The molecule has 128 valence electrons. The number of likely N-dealkylation sites (tertiary alicyclic amines) is 1. The number of nitrogens with zero attached hydrogens (tertiary/aromatic N) is 3. The normalized spacial score (nSPS) is 25.0. The first-order chi connectivity index (χ1) is 11.0. The molecule has 2 aliphatic heterocycles. The fourth-order valence-corrected chi connectivity index (χ4v) is 3.61. The van der Waals surface area contributed by atoms with Crippen molar-refractivity contribution >= 4 is 25.7 Å². The van der Waals surface area contributed by atoms with Crippen LogP contribution in [-0.2, 0) is 0 Å². The second kappa shape index (κ2) is 8.72. The first-order valence-corrected chi connectivity index (χ1v) is 9.79. The van der Waals surface area contributed by atoms with E-state index in [1.807, 2.05) is 6.92 Å². The molecule has 0 radical (unpaired) electrons. The number of piperidine rings is 1. The SMILES string of the molecule is C/P=C(NCC1CCN(C)CC1)\C(C)=N\C1=C(C)N=CNC1C. The molecule has 2 aliphatic rings. The van der Waals surface area contributed by atoms with Crippen LogP contribution in [0.5, 0.6) is 0 Å². The number of allylic oxidation sites excluding steroid dienone is 1. The van der Waals surface area contributed by atoms with Gasteiger partial charge in [0.25, 0.3) is 0 Å². The van der Waals surface area contributed by atoms with Crippen LogP contribution >= 0.6 is 8.20 Å². The van der Waals surface area contributed by atoms with Gasteiger partial charge in [-0.2, -0.15) is 0 Å². The molecule has 0 aromatic rings. The number of nitrogens with one attached hydrogen (secondary N) is 2. The van der Waals surface area contributed by atoms with Crippen LogP contribution in [0.3, 0.4) is 0 Å². The van der Waals surface area contributed by atoms with Crippen LogP contribution in [0.25, 0.3) is 0 Å². The summed E-state index contributed by atoms with van der Waals surface area (Å²) in [7, 11) is 3.45. The van der Waals surface area contributed by atoms with Crippen molar-refractivity contribution in [2.75, 3.05) is 33.3 Å². The Morgan fingerprint density at radius 1 is 1.48 bits per heavy atom. The second-order valence-corrected chi connectivity index (χ2v) is 7.41. The molecule has 0 aromatic carbocycles. The van der Waals surface area contributed by atoms with E-state index >= 15 is 0 Å². The molecule has 0 amide bonds. The largest absolute Gasteiger partial charge is 0.368 e. The van der Waals surface area contributed by atoms with E-state index in [9.17, 15) is 0 Å². The Balaban J connectivity index is 1.97. The minimum Gasteiger partial charge on any atom is -0.368 e. The summed E-state index contributed by atoms with van der Waals surface area (Å²) in [6.45, 7) is 11.9. The smallest absolute Gasteiger partial charge is 0.0888 e. The molecule has 0 saturated carbocycles. The van der Waals surface area contributed by atoms with Crippen LogP contribution in [0.4, 0.5) is 0 Å². The lowest BCUT2D eigenvalue weighted by Crippen LogP contribution is -2.38. The van der Waals surface area contributed by atoms with Gasteiger partial charge >= 0.3 is 0 Å². The highest BCUT2D eigenvalue weighted by atomic mass is 31.1. The van der Waals surface area contributed by atoms with Gasteiger partial charge in [-0.15, -0.1) is 0 Å². The maximum Gasteiger partial charge on any atom is 0.0888 e. The van der Waals surface area contributed by atoms with Crippen molar-refractivity contribution in [2.45, 2.75) is 39.7 Å². The Labute approximate surface area is 142 Å². The maximum absolute atomic E-state index is 4.85. The van der Waals surface area contributed by atoms with Crippen LogP contribution in [0.2, 0.25) is 0 Å². The van der Waals surface area contributed by atoms with E-state index in [0.717, 1.165) is 29.6 Å². The standard InChI is InChI=1S/C17H30N5P/c1-12-16(13(2)20-11-19-12)21-14(3)17(23-5)18-10-15-6-8-22(4)9-7-15/h11-12,15,18H,6-10H2,1-5H3,(H,19,20)/b21-14+. The van der Waals surface area contributed by atoms with Gasteiger partial charge in [-0.25, -0.2) is 4.99 Å². The van der Waals surface area contributed by atoms with E-state index in [4.69, 9.17) is 4.99 Å². The predicted molar refractivity (Wildman–Crippen MR) is 103 cm³/mol. The van der Waals surface area contributed by atoms with Crippen molar-refractivity contribution in [3.8, 4) is 0 Å². The van der Waals surface area contributed by atoms with Gasteiger partial charge in [-0.05, 0) is 66.3 Å². The molecule has 1 saturated heterocycles. The summed E-state index contributed by atoms with van der Waals surface area (Å²) in [5, 5.41) is 6.87. The maximum atomic E-state index is 4.85. The van der Waals surface area contributed by atoms with Crippen molar-refractivity contribution in [2.24, 2.45) is 15.9 Å². The Morgan fingerprint density at radius 3 is 2.78 bits per heavy atom. The summed E-state index contributed by atoms with van der Waals surface area (Å²) < 4.78 is 0. The highest BCUT2D eigenvalue weighted by Crippen LogP contribution is 2.17. The third-order valence-corrected chi connectivity index (χ3v) is 5.54. The van der Waals surface area contributed by atoms with Crippen molar-refractivity contribution < 1.29 is 0 Å². The lowest BCUT2D eigenvalue weighted by molar-refractivity contribution is 0.220. The summed E-state index contributed by atoms with van der Waals surface area (Å²) >= 11 is 0. The Hall–Kier alpha value is -1.03. The lowest BCUT2D eigenvalue weighted by atomic mass is 9.97. The number of rotatable bonds is 5. The molecule has 1 fully saturated rings. The van der Waals surface area contributed by atoms with Crippen LogP contribution in [-0.4, -0.2) is 61.8 Å². The zero-order chi connectivity index (χ0) is 16.8. The highest BCUT2D eigenvalue weighted by molar-refractivity contribution is 7.42. The lowest BCUT2D eigenvalue weighted by Gasteiger charge is -2.29. The van der Waals surface area contributed by atoms with Gasteiger partial charge in [0.15, 0.2) is 0 Å². The van der Waals surface area contributed by atoms with Gasteiger partial charge in [0.1, 0.15) is 0 Å². The molecule has 23 heavy (non-hydrogen) atoms. The van der Waals surface area contributed by atoms with Gasteiger partial charge in [-0.3, -0.25) is 10.3 Å². The molecule has 5 nitrogen and oxygen atoms in total. The summed E-state index contributed by atoms with van der Waals surface area (Å²) in [4.78, 5) is 11.6. The zero-order valence-electron chi connectivity index (χ0n) is 15.1. The van der Waals surface area contributed by atoms with Crippen LogP contribution in [0.15, 0.2) is 21.4 Å². The quantitative estimate of drug-likeness (QED) is 0.599. The van der Waals surface area contributed by atoms with E-state index < -0.39 is 0 Å². The Morgan fingerprint density at radius 2 is 2.17 bits per heavy atom. The molecule has 2 N–H and O–H groups in total. The molecule has 2 rings (SSSR count). The number of hydrogen-bond acceptors (Lipinski definition) is 4. The summed E-state index contributed by atoms with van der Waals surface area (Å²) in [6.07, 6.45) is 4.33. The van der Waals surface area contributed by atoms with Crippen molar-refractivity contribution in [3.63, 3.8) is 0 Å².